The van der Waals surface area contributed by atoms with Crippen molar-refractivity contribution < 1.29 is 4.74 Å². The third-order valence-corrected chi connectivity index (χ3v) is 4.67. The lowest BCUT2D eigenvalue weighted by molar-refractivity contribution is 0.0377. The highest BCUT2D eigenvalue weighted by Gasteiger charge is 2.09. The van der Waals surface area contributed by atoms with Gasteiger partial charge in [0, 0.05) is 58.1 Å². The number of nitrogens with one attached hydrogen (secondary N) is 1. The standard InChI is InChI=1S/C20H30N6O.HI/c21-20(23-8-4-11-25-13-15-27-16-14-25)24-9-7-19-22-10-12-26(19)17-18-5-2-1-3-6-18;/h1-3,5-6,10,12H,4,7-9,11,13-17H2,(H3,21,23,24);1H. The van der Waals surface area contributed by atoms with Crippen molar-refractivity contribution in [3.05, 3.63) is 54.1 Å². The number of morpholine rings is 1. The third-order valence-electron chi connectivity index (χ3n) is 4.67. The predicted molar refractivity (Wildman–Crippen MR) is 123 cm³/mol. The Bertz CT molecular complexity index is 700. The quantitative estimate of drug-likeness (QED) is 0.238. The van der Waals surface area contributed by atoms with E-state index in [-0.39, 0.29) is 24.0 Å². The van der Waals surface area contributed by atoms with Crippen molar-refractivity contribution in [2.24, 2.45) is 10.7 Å². The molecule has 154 valence electrons. The Labute approximate surface area is 184 Å². The number of ether oxygens (including phenoxy) is 1. The van der Waals surface area contributed by atoms with Crippen LogP contribution in [0.15, 0.2) is 47.7 Å². The number of rotatable bonds is 9. The molecule has 3 N–H and O–H groups in total. The van der Waals surface area contributed by atoms with Crippen LogP contribution >= 0.6 is 24.0 Å². The molecule has 0 radical (unpaired) electrons. The molecule has 0 bridgehead atoms. The van der Waals surface area contributed by atoms with Gasteiger partial charge in [0.15, 0.2) is 5.96 Å². The normalized spacial score (nSPS) is 15.2. The summed E-state index contributed by atoms with van der Waals surface area (Å²) in [4.78, 5) is 11.3. The lowest BCUT2D eigenvalue weighted by Crippen LogP contribution is -2.37. The molecule has 1 aromatic heterocycles. The molecular weight excluding hydrogens is 467 g/mol. The second-order valence-corrected chi connectivity index (χ2v) is 6.71. The number of imidazole rings is 1. The molecule has 1 aromatic carbocycles. The minimum atomic E-state index is 0. The van der Waals surface area contributed by atoms with E-state index < -0.39 is 0 Å². The topological polar surface area (TPSA) is 80.7 Å². The largest absolute Gasteiger partial charge is 0.379 e. The minimum Gasteiger partial charge on any atom is -0.379 e. The van der Waals surface area contributed by atoms with Crippen LogP contribution in [0, 0.1) is 0 Å². The molecule has 2 heterocycles. The van der Waals surface area contributed by atoms with Gasteiger partial charge in [0.2, 0.25) is 0 Å². The first-order chi connectivity index (χ1) is 13.3. The van der Waals surface area contributed by atoms with Crippen LogP contribution in [0.4, 0.5) is 0 Å². The van der Waals surface area contributed by atoms with Crippen LogP contribution in [-0.2, 0) is 17.7 Å². The number of aliphatic imine (C=N–C) groups is 1. The molecule has 3 rings (SSSR count). The Morgan fingerprint density at radius 3 is 2.79 bits per heavy atom. The fourth-order valence-corrected chi connectivity index (χ4v) is 3.17. The van der Waals surface area contributed by atoms with Crippen molar-refractivity contribution in [3.63, 3.8) is 0 Å². The maximum atomic E-state index is 5.97. The molecule has 1 saturated heterocycles. The first kappa shape index (κ1) is 22.6. The fourth-order valence-electron chi connectivity index (χ4n) is 3.17. The molecule has 8 heteroatoms. The van der Waals surface area contributed by atoms with Crippen molar-refractivity contribution in [2.45, 2.75) is 19.4 Å². The van der Waals surface area contributed by atoms with E-state index in [0.717, 1.165) is 71.1 Å². The van der Waals surface area contributed by atoms with Crippen molar-refractivity contribution in [2.75, 3.05) is 45.9 Å². The maximum Gasteiger partial charge on any atom is 0.188 e. The summed E-state index contributed by atoms with van der Waals surface area (Å²) in [7, 11) is 0. The molecule has 1 aliphatic rings. The summed E-state index contributed by atoms with van der Waals surface area (Å²) in [6, 6.07) is 10.4. The number of halogens is 1. The SMILES string of the molecule is I.NC(=NCCCN1CCOCC1)NCCc1nccn1Cc1ccccc1. The molecule has 0 unspecified atom stereocenters. The molecule has 28 heavy (non-hydrogen) atoms. The zero-order chi connectivity index (χ0) is 18.7. The molecule has 0 aliphatic carbocycles. The molecule has 0 saturated carbocycles. The Hall–Kier alpha value is -1.65. The average molecular weight is 498 g/mol. The fraction of sp³-hybridized carbons (Fsp3) is 0.500. The average Bonchev–Trinajstić information content (AvgIpc) is 3.14. The van der Waals surface area contributed by atoms with E-state index in [1.54, 1.807) is 0 Å². The summed E-state index contributed by atoms with van der Waals surface area (Å²) < 4.78 is 7.53. The van der Waals surface area contributed by atoms with Gasteiger partial charge in [-0.25, -0.2) is 4.98 Å². The highest BCUT2D eigenvalue weighted by atomic mass is 127. The number of hydrogen-bond donors (Lipinski definition) is 2. The predicted octanol–water partition coefficient (Wildman–Crippen LogP) is 1.72. The molecule has 1 aliphatic heterocycles. The van der Waals surface area contributed by atoms with E-state index in [1.165, 1.54) is 5.56 Å². The van der Waals surface area contributed by atoms with E-state index in [2.05, 4.69) is 49.0 Å². The maximum absolute atomic E-state index is 5.97. The minimum absolute atomic E-state index is 0. The highest BCUT2D eigenvalue weighted by molar-refractivity contribution is 14.0. The number of nitrogens with two attached hydrogens (primary N) is 1. The number of aromatic nitrogens is 2. The van der Waals surface area contributed by atoms with Gasteiger partial charge in [-0.2, -0.15) is 0 Å². The highest BCUT2D eigenvalue weighted by Crippen LogP contribution is 2.05. The van der Waals surface area contributed by atoms with Gasteiger partial charge < -0.3 is 20.4 Å². The molecule has 7 nitrogen and oxygen atoms in total. The molecular formula is C20H31IN6O. The second-order valence-electron chi connectivity index (χ2n) is 6.71. The molecule has 0 spiro atoms. The van der Waals surface area contributed by atoms with Gasteiger partial charge in [0.25, 0.3) is 0 Å². The van der Waals surface area contributed by atoms with Crippen LogP contribution in [0.5, 0.6) is 0 Å². The summed E-state index contributed by atoms with van der Waals surface area (Å²) in [6.07, 6.45) is 5.69. The lowest BCUT2D eigenvalue weighted by Gasteiger charge is -2.26. The van der Waals surface area contributed by atoms with Gasteiger partial charge in [0.05, 0.1) is 13.2 Å². The van der Waals surface area contributed by atoms with Crippen LogP contribution in [0.2, 0.25) is 0 Å². The monoisotopic (exact) mass is 498 g/mol. The smallest absolute Gasteiger partial charge is 0.188 e. The molecule has 1 fully saturated rings. The van der Waals surface area contributed by atoms with Crippen molar-refractivity contribution in [1.82, 2.24) is 19.8 Å². The Morgan fingerprint density at radius 2 is 2.00 bits per heavy atom. The Morgan fingerprint density at radius 1 is 1.21 bits per heavy atom. The van der Waals surface area contributed by atoms with E-state index in [4.69, 9.17) is 10.5 Å². The summed E-state index contributed by atoms with van der Waals surface area (Å²) >= 11 is 0. The molecule has 2 aromatic rings. The van der Waals surface area contributed by atoms with Gasteiger partial charge in [-0.3, -0.25) is 9.89 Å². The second kappa shape index (κ2) is 12.7. The first-order valence-corrected chi connectivity index (χ1v) is 9.69. The summed E-state index contributed by atoms with van der Waals surface area (Å²) in [6.45, 7) is 7.09. The lowest BCUT2D eigenvalue weighted by atomic mass is 10.2. The van der Waals surface area contributed by atoms with Gasteiger partial charge in [-0.1, -0.05) is 30.3 Å². The Kier molecular flexibility index (Phi) is 10.3. The van der Waals surface area contributed by atoms with Crippen molar-refractivity contribution in [1.29, 1.82) is 0 Å². The number of hydrogen-bond acceptors (Lipinski definition) is 4. The van der Waals surface area contributed by atoms with Gasteiger partial charge >= 0.3 is 0 Å². The zero-order valence-corrected chi connectivity index (χ0v) is 18.6. The van der Waals surface area contributed by atoms with Crippen molar-refractivity contribution >= 4 is 29.9 Å². The van der Waals surface area contributed by atoms with E-state index in [9.17, 15) is 0 Å². The van der Waals surface area contributed by atoms with E-state index in [1.807, 2.05) is 18.5 Å². The van der Waals surface area contributed by atoms with E-state index >= 15 is 0 Å². The van der Waals surface area contributed by atoms with Crippen LogP contribution in [0.1, 0.15) is 17.8 Å². The van der Waals surface area contributed by atoms with E-state index in [0.29, 0.717) is 5.96 Å². The first-order valence-electron chi connectivity index (χ1n) is 9.69. The number of benzene rings is 1. The van der Waals surface area contributed by atoms with Gasteiger partial charge in [0.1, 0.15) is 5.82 Å². The van der Waals surface area contributed by atoms with Crippen LogP contribution < -0.4 is 11.1 Å². The van der Waals surface area contributed by atoms with Crippen LogP contribution in [0.25, 0.3) is 0 Å². The molecule has 0 amide bonds. The summed E-state index contributed by atoms with van der Waals surface area (Å²) in [5.74, 6) is 1.56. The van der Waals surface area contributed by atoms with Gasteiger partial charge in [-0.05, 0) is 12.0 Å². The number of guanidine groups is 1. The Balaban J connectivity index is 0.00000280. The number of nitrogens with zero attached hydrogens (tertiary/aromatic N) is 4. The van der Waals surface area contributed by atoms with Gasteiger partial charge in [-0.15, -0.1) is 24.0 Å². The van der Waals surface area contributed by atoms with Crippen molar-refractivity contribution in [3.8, 4) is 0 Å². The third kappa shape index (κ3) is 7.76. The van der Waals surface area contributed by atoms with Crippen LogP contribution in [0.3, 0.4) is 0 Å². The zero-order valence-electron chi connectivity index (χ0n) is 16.3. The summed E-state index contributed by atoms with van der Waals surface area (Å²) in [5.41, 5.74) is 7.24. The van der Waals surface area contributed by atoms with Crippen LogP contribution in [-0.4, -0.2) is 66.3 Å². The molecule has 0 atom stereocenters. The summed E-state index contributed by atoms with van der Waals surface area (Å²) in [5, 5.41) is 3.19.